The van der Waals surface area contributed by atoms with Crippen LogP contribution in [0.15, 0.2) is 60.7 Å². The van der Waals surface area contributed by atoms with E-state index in [-0.39, 0.29) is 11.4 Å². The van der Waals surface area contributed by atoms with Crippen LogP contribution in [0.3, 0.4) is 0 Å². The zero-order valence-corrected chi connectivity index (χ0v) is 14.3. The highest BCUT2D eigenvalue weighted by Crippen LogP contribution is 2.13. The highest BCUT2D eigenvalue weighted by molar-refractivity contribution is 5.94. The Kier molecular flexibility index (Phi) is 5.94. The SMILES string of the molecule is CN(CCc1ccccc1)C(C)(C)CNC(=O)c1ccccc1. The fourth-order valence-electron chi connectivity index (χ4n) is 2.37. The predicted octanol–water partition coefficient (Wildman–Crippen LogP) is 3.37. The molecule has 1 amide bonds. The predicted molar refractivity (Wildman–Crippen MR) is 95.6 cm³/mol. The van der Waals surface area contributed by atoms with Crippen molar-refractivity contribution in [2.24, 2.45) is 0 Å². The number of carbonyl (C=O) groups excluding carboxylic acids is 1. The van der Waals surface area contributed by atoms with E-state index in [0.29, 0.717) is 12.1 Å². The molecule has 0 fully saturated rings. The third kappa shape index (κ3) is 5.22. The standard InChI is InChI=1S/C20H26N2O/c1-20(2,16-21-19(23)18-12-8-5-9-13-18)22(3)15-14-17-10-6-4-7-11-17/h4-13H,14-16H2,1-3H3,(H,21,23). The summed E-state index contributed by atoms with van der Waals surface area (Å²) in [5.41, 5.74) is 1.94. The van der Waals surface area contributed by atoms with Gasteiger partial charge in [-0.2, -0.15) is 0 Å². The van der Waals surface area contributed by atoms with Crippen LogP contribution in [0.25, 0.3) is 0 Å². The molecule has 2 rings (SSSR count). The van der Waals surface area contributed by atoms with Gasteiger partial charge in [-0.1, -0.05) is 48.5 Å². The van der Waals surface area contributed by atoms with Crippen molar-refractivity contribution in [1.29, 1.82) is 0 Å². The van der Waals surface area contributed by atoms with Crippen molar-refractivity contribution in [1.82, 2.24) is 10.2 Å². The average molecular weight is 310 g/mol. The zero-order chi connectivity index (χ0) is 16.7. The van der Waals surface area contributed by atoms with E-state index < -0.39 is 0 Å². The van der Waals surface area contributed by atoms with Gasteiger partial charge in [-0.15, -0.1) is 0 Å². The first-order chi connectivity index (χ1) is 11.0. The third-order valence-corrected chi connectivity index (χ3v) is 4.33. The Morgan fingerprint density at radius 3 is 2.17 bits per heavy atom. The van der Waals surface area contributed by atoms with E-state index in [9.17, 15) is 4.79 Å². The van der Waals surface area contributed by atoms with Gasteiger partial charge in [0, 0.05) is 24.2 Å². The lowest BCUT2D eigenvalue weighted by Crippen LogP contribution is -2.50. The first-order valence-corrected chi connectivity index (χ1v) is 8.07. The molecular weight excluding hydrogens is 284 g/mol. The molecule has 0 aliphatic carbocycles. The maximum absolute atomic E-state index is 12.2. The summed E-state index contributed by atoms with van der Waals surface area (Å²) in [5.74, 6) is -0.0184. The fourth-order valence-corrected chi connectivity index (χ4v) is 2.37. The van der Waals surface area contributed by atoms with Gasteiger partial charge in [-0.3, -0.25) is 9.69 Å². The normalized spacial score (nSPS) is 11.5. The van der Waals surface area contributed by atoms with Crippen molar-refractivity contribution in [2.45, 2.75) is 25.8 Å². The van der Waals surface area contributed by atoms with E-state index in [4.69, 9.17) is 0 Å². The summed E-state index contributed by atoms with van der Waals surface area (Å²) < 4.78 is 0. The molecule has 122 valence electrons. The minimum atomic E-state index is -0.0980. The molecular formula is C20H26N2O. The molecule has 0 atom stereocenters. The van der Waals surface area contributed by atoms with Crippen LogP contribution in [0.2, 0.25) is 0 Å². The quantitative estimate of drug-likeness (QED) is 0.850. The Bertz CT molecular complexity index is 608. The summed E-state index contributed by atoms with van der Waals surface area (Å²) in [6.45, 7) is 5.89. The molecule has 3 nitrogen and oxygen atoms in total. The van der Waals surface area contributed by atoms with Gasteiger partial charge < -0.3 is 5.32 Å². The molecule has 3 heteroatoms. The van der Waals surface area contributed by atoms with Crippen molar-refractivity contribution in [3.8, 4) is 0 Å². The molecule has 0 aromatic heterocycles. The molecule has 0 spiro atoms. The largest absolute Gasteiger partial charge is 0.350 e. The van der Waals surface area contributed by atoms with Gasteiger partial charge in [0.25, 0.3) is 5.91 Å². The zero-order valence-electron chi connectivity index (χ0n) is 14.3. The van der Waals surface area contributed by atoms with Crippen LogP contribution in [-0.2, 0) is 6.42 Å². The number of carbonyl (C=O) groups is 1. The van der Waals surface area contributed by atoms with Crippen LogP contribution in [0.5, 0.6) is 0 Å². The molecule has 0 saturated heterocycles. The van der Waals surface area contributed by atoms with Crippen LogP contribution in [0.1, 0.15) is 29.8 Å². The molecule has 0 unspecified atom stereocenters. The van der Waals surface area contributed by atoms with Gasteiger partial charge in [0.2, 0.25) is 0 Å². The Labute approximate surface area is 139 Å². The molecule has 0 bridgehead atoms. The minimum absolute atomic E-state index is 0.0184. The Morgan fingerprint density at radius 2 is 1.57 bits per heavy atom. The molecule has 0 aliphatic rings. The van der Waals surface area contributed by atoms with E-state index in [2.05, 4.69) is 55.4 Å². The molecule has 0 aliphatic heterocycles. The number of nitrogens with zero attached hydrogens (tertiary/aromatic N) is 1. The highest BCUT2D eigenvalue weighted by Gasteiger charge is 2.24. The van der Waals surface area contributed by atoms with Gasteiger partial charge in [0.1, 0.15) is 0 Å². The van der Waals surface area contributed by atoms with Crippen LogP contribution >= 0.6 is 0 Å². The Morgan fingerprint density at radius 1 is 1.00 bits per heavy atom. The second-order valence-electron chi connectivity index (χ2n) is 6.52. The van der Waals surface area contributed by atoms with Crippen molar-refractivity contribution >= 4 is 5.91 Å². The number of benzene rings is 2. The van der Waals surface area contributed by atoms with E-state index in [1.165, 1.54) is 5.56 Å². The number of rotatable bonds is 7. The highest BCUT2D eigenvalue weighted by atomic mass is 16.1. The summed E-state index contributed by atoms with van der Waals surface area (Å²) >= 11 is 0. The van der Waals surface area contributed by atoms with E-state index in [1.54, 1.807) is 0 Å². The fraction of sp³-hybridized carbons (Fsp3) is 0.350. The first kappa shape index (κ1) is 17.2. The molecule has 23 heavy (non-hydrogen) atoms. The van der Waals surface area contributed by atoms with Crippen LogP contribution in [-0.4, -0.2) is 36.5 Å². The number of hydrogen-bond donors (Lipinski definition) is 1. The van der Waals surface area contributed by atoms with E-state index in [0.717, 1.165) is 13.0 Å². The van der Waals surface area contributed by atoms with Gasteiger partial charge in [-0.05, 0) is 45.0 Å². The van der Waals surface area contributed by atoms with Crippen molar-refractivity contribution in [2.75, 3.05) is 20.1 Å². The molecule has 1 N–H and O–H groups in total. The number of hydrogen-bond acceptors (Lipinski definition) is 2. The second kappa shape index (κ2) is 7.93. The minimum Gasteiger partial charge on any atom is -0.350 e. The third-order valence-electron chi connectivity index (χ3n) is 4.33. The average Bonchev–Trinajstić information content (AvgIpc) is 2.59. The smallest absolute Gasteiger partial charge is 0.251 e. The second-order valence-corrected chi connectivity index (χ2v) is 6.52. The summed E-state index contributed by atoms with van der Waals surface area (Å²) in [7, 11) is 2.11. The topological polar surface area (TPSA) is 32.3 Å². The molecule has 2 aromatic rings. The lowest BCUT2D eigenvalue weighted by atomic mass is 10.0. The summed E-state index contributed by atoms with van der Waals surface area (Å²) in [4.78, 5) is 14.5. The number of likely N-dealkylation sites (N-methyl/N-ethyl adjacent to an activating group) is 1. The Balaban J connectivity index is 1.84. The molecule has 0 saturated carbocycles. The van der Waals surface area contributed by atoms with Gasteiger partial charge >= 0.3 is 0 Å². The maximum Gasteiger partial charge on any atom is 0.251 e. The maximum atomic E-state index is 12.2. The van der Waals surface area contributed by atoms with Crippen molar-refractivity contribution in [3.63, 3.8) is 0 Å². The summed E-state index contributed by atoms with van der Waals surface area (Å²) in [5, 5.41) is 3.04. The monoisotopic (exact) mass is 310 g/mol. The molecule has 2 aromatic carbocycles. The number of amides is 1. The summed E-state index contributed by atoms with van der Waals surface area (Å²) in [6.07, 6.45) is 1.01. The van der Waals surface area contributed by atoms with Crippen LogP contribution in [0.4, 0.5) is 0 Å². The lowest BCUT2D eigenvalue weighted by Gasteiger charge is -2.36. The number of nitrogens with one attached hydrogen (secondary N) is 1. The van der Waals surface area contributed by atoms with Crippen LogP contribution < -0.4 is 5.32 Å². The van der Waals surface area contributed by atoms with Crippen molar-refractivity contribution < 1.29 is 4.79 Å². The van der Waals surface area contributed by atoms with Gasteiger partial charge in [0.15, 0.2) is 0 Å². The van der Waals surface area contributed by atoms with Gasteiger partial charge in [0.05, 0.1) is 0 Å². The lowest BCUT2D eigenvalue weighted by molar-refractivity contribution is 0.0904. The van der Waals surface area contributed by atoms with Crippen LogP contribution in [0, 0.1) is 0 Å². The van der Waals surface area contributed by atoms with E-state index in [1.807, 2.05) is 36.4 Å². The van der Waals surface area contributed by atoms with E-state index >= 15 is 0 Å². The molecule has 0 radical (unpaired) electrons. The van der Waals surface area contributed by atoms with Crippen molar-refractivity contribution in [3.05, 3.63) is 71.8 Å². The van der Waals surface area contributed by atoms with Gasteiger partial charge in [-0.25, -0.2) is 0 Å². The Hall–Kier alpha value is -2.13. The summed E-state index contributed by atoms with van der Waals surface area (Å²) in [6, 6.07) is 19.8. The first-order valence-electron chi connectivity index (χ1n) is 8.07. The molecule has 0 heterocycles.